The number of likely N-dealkylation sites (N-methyl/N-ethyl adjacent to an activating group) is 1. The Morgan fingerprint density at radius 1 is 0.958 bits per heavy atom. The topological polar surface area (TPSA) is 60.9 Å². The van der Waals surface area contributed by atoms with E-state index in [-0.39, 0.29) is 12.5 Å². The van der Waals surface area contributed by atoms with E-state index in [2.05, 4.69) is 27.7 Å². The van der Waals surface area contributed by atoms with E-state index in [1.54, 1.807) is 0 Å². The second-order valence-corrected chi connectivity index (χ2v) is 7.36. The molecule has 0 radical (unpaired) electrons. The van der Waals surface area contributed by atoms with Crippen molar-refractivity contribution in [2.75, 3.05) is 39.3 Å². The van der Waals surface area contributed by atoms with E-state index >= 15 is 0 Å². The molecule has 1 fully saturated rings. The van der Waals surface area contributed by atoms with Crippen molar-refractivity contribution in [2.24, 2.45) is 11.8 Å². The molecule has 0 N–H and O–H groups in total. The Morgan fingerprint density at radius 2 is 1.42 bits per heavy atom. The van der Waals surface area contributed by atoms with Gasteiger partial charge in [0.05, 0.1) is 0 Å². The molecule has 0 aliphatic carbocycles. The van der Waals surface area contributed by atoms with Crippen LogP contribution >= 0.6 is 0 Å². The quantitative estimate of drug-likeness (QED) is 0.600. The van der Waals surface area contributed by atoms with Crippen LogP contribution in [0, 0.1) is 11.8 Å². The molecule has 0 atom stereocenters. The van der Waals surface area contributed by atoms with E-state index in [0.29, 0.717) is 44.6 Å². The van der Waals surface area contributed by atoms with Crippen molar-refractivity contribution in [1.29, 1.82) is 0 Å². The van der Waals surface area contributed by atoms with Gasteiger partial charge in [-0.05, 0) is 31.6 Å². The molecule has 0 aromatic carbocycles. The van der Waals surface area contributed by atoms with Gasteiger partial charge in [0, 0.05) is 32.7 Å². The van der Waals surface area contributed by atoms with Gasteiger partial charge in [-0.2, -0.15) is 0 Å². The number of amides is 3. The van der Waals surface area contributed by atoms with Gasteiger partial charge in [-0.15, -0.1) is 0 Å². The summed E-state index contributed by atoms with van der Waals surface area (Å²) in [6.07, 6.45) is 1.89. The first-order valence-electron chi connectivity index (χ1n) is 9.12. The van der Waals surface area contributed by atoms with E-state index in [1.165, 1.54) is 9.80 Å². The molecule has 1 aliphatic heterocycles. The van der Waals surface area contributed by atoms with Gasteiger partial charge in [0.25, 0.3) is 0 Å². The van der Waals surface area contributed by atoms with Gasteiger partial charge in [-0.3, -0.25) is 14.4 Å². The van der Waals surface area contributed by atoms with Crippen LogP contribution in [-0.2, 0) is 14.4 Å². The highest BCUT2D eigenvalue weighted by Crippen LogP contribution is 2.10. The maximum atomic E-state index is 12.6. The summed E-state index contributed by atoms with van der Waals surface area (Å²) in [6, 6.07) is 0. The van der Waals surface area contributed by atoms with E-state index in [9.17, 15) is 14.4 Å². The maximum absolute atomic E-state index is 12.6. The Hall–Kier alpha value is -1.59. The number of hydrogen-bond donors (Lipinski definition) is 0. The molecule has 24 heavy (non-hydrogen) atoms. The van der Waals surface area contributed by atoms with Crippen LogP contribution in [0.5, 0.6) is 0 Å². The van der Waals surface area contributed by atoms with Crippen LogP contribution < -0.4 is 0 Å². The monoisotopic (exact) mass is 339 g/mol. The average molecular weight is 339 g/mol. The van der Waals surface area contributed by atoms with Gasteiger partial charge in [-0.1, -0.05) is 27.7 Å². The number of carbonyl (C=O) groups is 3. The van der Waals surface area contributed by atoms with Crippen molar-refractivity contribution >= 4 is 17.7 Å². The molecule has 1 rings (SSSR count). The van der Waals surface area contributed by atoms with E-state index in [0.717, 1.165) is 12.8 Å². The van der Waals surface area contributed by atoms with E-state index < -0.39 is 11.8 Å². The van der Waals surface area contributed by atoms with Gasteiger partial charge in [0.1, 0.15) is 6.54 Å². The zero-order valence-corrected chi connectivity index (χ0v) is 15.9. The lowest BCUT2D eigenvalue weighted by atomic mass is 10.1. The summed E-state index contributed by atoms with van der Waals surface area (Å²) in [6.45, 7) is 13.3. The molecule has 0 saturated carbocycles. The summed E-state index contributed by atoms with van der Waals surface area (Å²) in [7, 11) is 0. The summed E-state index contributed by atoms with van der Waals surface area (Å²) in [5.74, 6) is -0.0507. The third-order valence-corrected chi connectivity index (χ3v) is 4.41. The first kappa shape index (κ1) is 20.5. The standard InChI is InChI=1S/C18H33N3O3/c1-6-19-11-12-21(18(24)17(19)23)13-16(22)20(9-7-14(2)3)10-8-15(4)5/h14-15H,6-13H2,1-5H3. The van der Waals surface area contributed by atoms with Crippen LogP contribution in [0.1, 0.15) is 47.5 Å². The fourth-order valence-corrected chi connectivity index (χ4v) is 2.62. The fraction of sp³-hybridized carbons (Fsp3) is 0.833. The molecule has 1 saturated heterocycles. The molecule has 0 bridgehead atoms. The minimum Gasteiger partial charge on any atom is -0.341 e. The van der Waals surface area contributed by atoms with Crippen LogP contribution in [0.25, 0.3) is 0 Å². The number of hydrogen-bond acceptors (Lipinski definition) is 3. The first-order valence-corrected chi connectivity index (χ1v) is 9.12. The van der Waals surface area contributed by atoms with Crippen molar-refractivity contribution in [1.82, 2.24) is 14.7 Å². The molecule has 3 amide bonds. The molecule has 0 spiro atoms. The molecule has 138 valence electrons. The lowest BCUT2D eigenvalue weighted by Crippen LogP contribution is -2.56. The fourth-order valence-electron chi connectivity index (χ4n) is 2.62. The second-order valence-electron chi connectivity index (χ2n) is 7.36. The molecule has 1 heterocycles. The number of nitrogens with zero attached hydrogens (tertiary/aromatic N) is 3. The Balaban J connectivity index is 2.65. The number of rotatable bonds is 9. The number of piperazine rings is 1. The summed E-state index contributed by atoms with van der Waals surface area (Å²) in [4.78, 5) is 41.5. The normalized spacial score (nSPS) is 15.6. The summed E-state index contributed by atoms with van der Waals surface area (Å²) < 4.78 is 0. The highest BCUT2D eigenvalue weighted by atomic mass is 16.2. The van der Waals surface area contributed by atoms with E-state index in [1.807, 2.05) is 11.8 Å². The van der Waals surface area contributed by atoms with Gasteiger partial charge >= 0.3 is 11.8 Å². The smallest absolute Gasteiger partial charge is 0.312 e. The largest absolute Gasteiger partial charge is 0.341 e. The van der Waals surface area contributed by atoms with Gasteiger partial charge in [0.15, 0.2) is 0 Å². The lowest BCUT2D eigenvalue weighted by molar-refractivity contribution is -0.157. The highest BCUT2D eigenvalue weighted by Gasteiger charge is 2.33. The first-order chi connectivity index (χ1) is 11.3. The van der Waals surface area contributed by atoms with Crippen LogP contribution in [-0.4, -0.2) is 71.7 Å². The molecule has 1 aliphatic rings. The minimum atomic E-state index is -0.552. The molecule has 0 aromatic rings. The van der Waals surface area contributed by atoms with Crippen molar-refractivity contribution in [2.45, 2.75) is 47.5 Å². The molecule has 6 nitrogen and oxygen atoms in total. The predicted octanol–water partition coefficient (Wildman–Crippen LogP) is 1.60. The van der Waals surface area contributed by atoms with Crippen molar-refractivity contribution in [3.8, 4) is 0 Å². The maximum Gasteiger partial charge on any atom is 0.312 e. The molecular formula is C18H33N3O3. The molecule has 0 unspecified atom stereocenters. The Morgan fingerprint density at radius 3 is 1.88 bits per heavy atom. The molecule has 0 aromatic heterocycles. The zero-order valence-electron chi connectivity index (χ0n) is 15.9. The summed E-state index contributed by atoms with van der Waals surface area (Å²) >= 11 is 0. The zero-order chi connectivity index (χ0) is 18.3. The predicted molar refractivity (Wildman–Crippen MR) is 94.3 cm³/mol. The van der Waals surface area contributed by atoms with Crippen LogP contribution in [0.15, 0.2) is 0 Å². The SMILES string of the molecule is CCN1CCN(CC(=O)N(CCC(C)C)CCC(C)C)C(=O)C1=O. The Kier molecular flexibility index (Phi) is 8.22. The summed E-state index contributed by atoms with van der Waals surface area (Å²) in [5.41, 5.74) is 0. The third-order valence-electron chi connectivity index (χ3n) is 4.41. The van der Waals surface area contributed by atoms with Crippen LogP contribution in [0.4, 0.5) is 0 Å². The second kappa shape index (κ2) is 9.64. The lowest BCUT2D eigenvalue weighted by Gasteiger charge is -2.34. The van der Waals surface area contributed by atoms with Crippen molar-refractivity contribution in [3.63, 3.8) is 0 Å². The van der Waals surface area contributed by atoms with Crippen LogP contribution in [0.2, 0.25) is 0 Å². The Bertz CT molecular complexity index is 437. The summed E-state index contributed by atoms with van der Waals surface area (Å²) in [5, 5.41) is 0. The van der Waals surface area contributed by atoms with Crippen LogP contribution in [0.3, 0.4) is 0 Å². The highest BCUT2D eigenvalue weighted by molar-refractivity contribution is 6.35. The third kappa shape index (κ3) is 6.13. The van der Waals surface area contributed by atoms with Crippen molar-refractivity contribution in [3.05, 3.63) is 0 Å². The average Bonchev–Trinajstić information content (AvgIpc) is 2.51. The molecular weight excluding hydrogens is 306 g/mol. The van der Waals surface area contributed by atoms with E-state index in [4.69, 9.17) is 0 Å². The molecule has 6 heteroatoms. The Labute approximate surface area is 146 Å². The van der Waals surface area contributed by atoms with Gasteiger partial charge < -0.3 is 14.7 Å². The van der Waals surface area contributed by atoms with Gasteiger partial charge in [-0.25, -0.2) is 0 Å². The van der Waals surface area contributed by atoms with Gasteiger partial charge in [0.2, 0.25) is 5.91 Å². The number of carbonyl (C=O) groups excluding carboxylic acids is 3. The van der Waals surface area contributed by atoms with Crippen molar-refractivity contribution < 1.29 is 14.4 Å². The minimum absolute atomic E-state index is 0.0122.